The Hall–Kier alpha value is -2.49. The molecule has 0 aromatic heterocycles. The molecule has 0 fully saturated rings. The lowest BCUT2D eigenvalue weighted by Crippen LogP contribution is -2.25. The van der Waals surface area contributed by atoms with Crippen LogP contribution in [0.5, 0.6) is 5.75 Å². The number of rotatable bonds is 7. The standard InChI is InChI=1S/C18H22N2O2/c1-22-17-4-2-3-15(13-17)11-12-20-18(21)10-7-14-5-8-16(19)9-6-14/h2-6,8-9,13H,7,10-12,19H2,1H3,(H,20,21). The summed E-state index contributed by atoms with van der Waals surface area (Å²) in [6, 6.07) is 15.5. The van der Waals surface area contributed by atoms with Crippen molar-refractivity contribution in [3.8, 4) is 5.75 Å². The van der Waals surface area contributed by atoms with Crippen molar-refractivity contribution < 1.29 is 9.53 Å². The second-order valence-electron chi connectivity index (χ2n) is 5.19. The van der Waals surface area contributed by atoms with Crippen molar-refractivity contribution in [3.05, 3.63) is 59.7 Å². The number of aryl methyl sites for hydroxylation is 1. The summed E-state index contributed by atoms with van der Waals surface area (Å²) in [6.07, 6.45) is 2.01. The Labute approximate surface area is 131 Å². The molecule has 4 nitrogen and oxygen atoms in total. The highest BCUT2D eigenvalue weighted by molar-refractivity contribution is 5.76. The molecule has 0 aliphatic heterocycles. The van der Waals surface area contributed by atoms with Gasteiger partial charge >= 0.3 is 0 Å². The first kappa shape index (κ1) is 15.9. The van der Waals surface area contributed by atoms with Crippen molar-refractivity contribution in [2.75, 3.05) is 19.4 Å². The second-order valence-corrected chi connectivity index (χ2v) is 5.19. The summed E-state index contributed by atoms with van der Waals surface area (Å²) in [5.74, 6) is 0.909. The fourth-order valence-electron chi connectivity index (χ4n) is 2.20. The highest BCUT2D eigenvalue weighted by atomic mass is 16.5. The molecule has 116 valence electrons. The van der Waals surface area contributed by atoms with Crippen LogP contribution in [-0.4, -0.2) is 19.6 Å². The Morgan fingerprint density at radius 1 is 1.09 bits per heavy atom. The Morgan fingerprint density at radius 3 is 2.59 bits per heavy atom. The number of nitrogen functional groups attached to an aromatic ring is 1. The highest BCUT2D eigenvalue weighted by Gasteiger charge is 2.03. The maximum absolute atomic E-state index is 11.8. The number of anilines is 1. The normalized spacial score (nSPS) is 10.2. The Bertz CT molecular complexity index is 609. The molecule has 0 heterocycles. The lowest BCUT2D eigenvalue weighted by Gasteiger charge is -2.07. The zero-order valence-electron chi connectivity index (χ0n) is 12.8. The Kier molecular flexibility index (Phi) is 5.83. The zero-order valence-corrected chi connectivity index (χ0v) is 12.8. The highest BCUT2D eigenvalue weighted by Crippen LogP contribution is 2.12. The average Bonchev–Trinajstić information content (AvgIpc) is 2.54. The minimum atomic E-state index is 0.0692. The number of hydrogen-bond donors (Lipinski definition) is 2. The number of amides is 1. The van der Waals surface area contributed by atoms with Crippen molar-refractivity contribution in [2.45, 2.75) is 19.3 Å². The summed E-state index contributed by atoms with van der Waals surface area (Å²) in [7, 11) is 1.65. The third-order valence-electron chi connectivity index (χ3n) is 3.49. The van der Waals surface area contributed by atoms with Gasteiger partial charge < -0.3 is 15.8 Å². The number of nitrogens with one attached hydrogen (secondary N) is 1. The second kappa shape index (κ2) is 8.08. The third-order valence-corrected chi connectivity index (χ3v) is 3.49. The van der Waals surface area contributed by atoms with E-state index in [0.717, 1.165) is 35.4 Å². The molecule has 1 amide bonds. The van der Waals surface area contributed by atoms with E-state index < -0.39 is 0 Å². The van der Waals surface area contributed by atoms with Gasteiger partial charge in [-0.25, -0.2) is 0 Å². The van der Waals surface area contributed by atoms with Gasteiger partial charge in [0.2, 0.25) is 5.91 Å². The molecule has 0 saturated heterocycles. The average molecular weight is 298 g/mol. The molecule has 3 N–H and O–H groups in total. The van der Waals surface area contributed by atoms with Crippen LogP contribution in [-0.2, 0) is 17.6 Å². The molecule has 0 aliphatic rings. The van der Waals surface area contributed by atoms with Crippen LogP contribution in [0.4, 0.5) is 5.69 Å². The van der Waals surface area contributed by atoms with E-state index in [1.807, 2.05) is 48.5 Å². The number of hydrogen-bond acceptors (Lipinski definition) is 3. The van der Waals surface area contributed by atoms with Crippen LogP contribution in [0, 0.1) is 0 Å². The molecule has 0 saturated carbocycles. The van der Waals surface area contributed by atoms with E-state index >= 15 is 0 Å². The van der Waals surface area contributed by atoms with E-state index in [2.05, 4.69) is 5.32 Å². The predicted octanol–water partition coefficient (Wildman–Crippen LogP) is 2.57. The van der Waals surface area contributed by atoms with Gasteiger partial charge in [0.1, 0.15) is 5.75 Å². The lowest BCUT2D eigenvalue weighted by molar-refractivity contribution is -0.121. The van der Waals surface area contributed by atoms with Crippen molar-refractivity contribution in [2.24, 2.45) is 0 Å². The number of carbonyl (C=O) groups excluding carboxylic acids is 1. The summed E-state index contributed by atoms with van der Waals surface area (Å²) in [4.78, 5) is 11.8. The van der Waals surface area contributed by atoms with Gasteiger partial charge in [0.15, 0.2) is 0 Å². The fourth-order valence-corrected chi connectivity index (χ4v) is 2.20. The van der Waals surface area contributed by atoms with Crippen LogP contribution < -0.4 is 15.8 Å². The van der Waals surface area contributed by atoms with E-state index in [1.54, 1.807) is 7.11 Å². The first-order valence-corrected chi connectivity index (χ1v) is 7.41. The Morgan fingerprint density at radius 2 is 1.86 bits per heavy atom. The van der Waals surface area contributed by atoms with Crippen molar-refractivity contribution >= 4 is 11.6 Å². The van der Waals surface area contributed by atoms with Crippen molar-refractivity contribution in [1.29, 1.82) is 0 Å². The molecular weight excluding hydrogens is 276 g/mol. The van der Waals surface area contributed by atoms with Crippen LogP contribution in [0.15, 0.2) is 48.5 Å². The first-order valence-electron chi connectivity index (χ1n) is 7.41. The SMILES string of the molecule is COc1cccc(CCNC(=O)CCc2ccc(N)cc2)c1. The smallest absolute Gasteiger partial charge is 0.220 e. The Balaban J connectivity index is 1.70. The molecular formula is C18H22N2O2. The van der Waals surface area contributed by atoms with Crippen LogP contribution in [0.2, 0.25) is 0 Å². The molecule has 2 rings (SSSR count). The predicted molar refractivity (Wildman–Crippen MR) is 88.9 cm³/mol. The minimum absolute atomic E-state index is 0.0692. The van der Waals surface area contributed by atoms with Crippen LogP contribution >= 0.6 is 0 Å². The maximum Gasteiger partial charge on any atom is 0.220 e. The molecule has 0 aliphatic carbocycles. The topological polar surface area (TPSA) is 64.3 Å². The summed E-state index contributed by atoms with van der Waals surface area (Å²) >= 11 is 0. The summed E-state index contributed by atoms with van der Waals surface area (Å²) in [5, 5.41) is 2.95. The van der Waals surface area contributed by atoms with Crippen molar-refractivity contribution in [3.63, 3.8) is 0 Å². The number of carbonyl (C=O) groups is 1. The number of benzene rings is 2. The number of nitrogens with two attached hydrogens (primary N) is 1. The van der Waals surface area contributed by atoms with E-state index in [-0.39, 0.29) is 5.91 Å². The molecule has 2 aromatic carbocycles. The van der Waals surface area contributed by atoms with E-state index in [9.17, 15) is 4.79 Å². The summed E-state index contributed by atoms with van der Waals surface area (Å²) in [6.45, 7) is 0.633. The summed E-state index contributed by atoms with van der Waals surface area (Å²) < 4.78 is 5.18. The molecule has 0 bridgehead atoms. The van der Waals surface area contributed by atoms with Gasteiger partial charge in [-0.3, -0.25) is 4.79 Å². The maximum atomic E-state index is 11.8. The lowest BCUT2D eigenvalue weighted by atomic mass is 10.1. The number of ether oxygens (including phenoxy) is 1. The van der Waals surface area contributed by atoms with Gasteiger partial charge in [-0.1, -0.05) is 24.3 Å². The van der Waals surface area contributed by atoms with Crippen LogP contribution in [0.3, 0.4) is 0 Å². The third kappa shape index (κ3) is 5.13. The molecule has 0 atom stereocenters. The monoisotopic (exact) mass is 298 g/mol. The van der Waals surface area contributed by atoms with Gasteiger partial charge in [0.25, 0.3) is 0 Å². The molecule has 22 heavy (non-hydrogen) atoms. The molecule has 0 spiro atoms. The van der Waals surface area contributed by atoms with E-state index in [4.69, 9.17) is 10.5 Å². The van der Waals surface area contributed by atoms with E-state index in [1.165, 1.54) is 0 Å². The molecule has 0 radical (unpaired) electrons. The quantitative estimate of drug-likeness (QED) is 0.772. The summed E-state index contributed by atoms with van der Waals surface area (Å²) in [5.41, 5.74) is 8.65. The van der Waals surface area contributed by atoms with Gasteiger partial charge in [-0.2, -0.15) is 0 Å². The minimum Gasteiger partial charge on any atom is -0.497 e. The molecule has 0 unspecified atom stereocenters. The van der Waals surface area contributed by atoms with Gasteiger partial charge in [0.05, 0.1) is 7.11 Å². The number of methoxy groups -OCH3 is 1. The molecule has 4 heteroatoms. The van der Waals surface area contributed by atoms with E-state index in [0.29, 0.717) is 13.0 Å². The molecule has 2 aromatic rings. The van der Waals surface area contributed by atoms with Gasteiger partial charge in [0, 0.05) is 18.7 Å². The largest absolute Gasteiger partial charge is 0.497 e. The first-order chi connectivity index (χ1) is 10.7. The van der Waals surface area contributed by atoms with Gasteiger partial charge in [-0.15, -0.1) is 0 Å². The fraction of sp³-hybridized carbons (Fsp3) is 0.278. The van der Waals surface area contributed by atoms with Gasteiger partial charge in [-0.05, 0) is 48.2 Å². The zero-order chi connectivity index (χ0) is 15.8. The van der Waals surface area contributed by atoms with Crippen molar-refractivity contribution in [1.82, 2.24) is 5.32 Å². The van der Waals surface area contributed by atoms with Crippen LogP contribution in [0.25, 0.3) is 0 Å². The van der Waals surface area contributed by atoms with Crippen LogP contribution in [0.1, 0.15) is 17.5 Å².